The SMILES string of the molecule is CCc1ncnc(-c2ccc(C(=O)N3CCN(CC4CCCO4)CC3)c(F)c2)c1-c1ccc(N)nc1. The summed E-state index contributed by atoms with van der Waals surface area (Å²) in [6, 6.07) is 8.27. The monoisotopic (exact) mass is 490 g/mol. The van der Waals surface area contributed by atoms with E-state index in [0.717, 1.165) is 55.9 Å². The van der Waals surface area contributed by atoms with Gasteiger partial charge in [-0.05, 0) is 43.5 Å². The topological polar surface area (TPSA) is 97.5 Å². The second-order valence-electron chi connectivity index (χ2n) is 9.29. The summed E-state index contributed by atoms with van der Waals surface area (Å²) < 4.78 is 21.0. The molecule has 0 saturated carbocycles. The number of carbonyl (C=O) groups is 1. The summed E-state index contributed by atoms with van der Waals surface area (Å²) in [7, 11) is 0. The molecule has 3 aromatic rings. The number of pyridine rings is 1. The lowest BCUT2D eigenvalue weighted by atomic mass is 9.96. The summed E-state index contributed by atoms with van der Waals surface area (Å²) in [6.45, 7) is 6.43. The predicted molar refractivity (Wildman–Crippen MR) is 136 cm³/mol. The summed E-state index contributed by atoms with van der Waals surface area (Å²) in [5.74, 6) is -0.426. The highest BCUT2D eigenvalue weighted by molar-refractivity contribution is 5.95. The number of nitrogens with zero attached hydrogens (tertiary/aromatic N) is 5. The predicted octanol–water partition coefficient (Wildman–Crippen LogP) is 3.43. The van der Waals surface area contributed by atoms with E-state index in [9.17, 15) is 4.79 Å². The number of piperazine rings is 1. The van der Waals surface area contributed by atoms with Gasteiger partial charge in [0.2, 0.25) is 0 Å². The lowest BCUT2D eigenvalue weighted by Crippen LogP contribution is -2.50. The van der Waals surface area contributed by atoms with Crippen LogP contribution in [0, 0.1) is 5.82 Å². The first-order chi connectivity index (χ1) is 17.5. The first-order valence-electron chi connectivity index (χ1n) is 12.5. The van der Waals surface area contributed by atoms with E-state index < -0.39 is 5.82 Å². The van der Waals surface area contributed by atoms with Gasteiger partial charge >= 0.3 is 0 Å². The fourth-order valence-corrected chi connectivity index (χ4v) is 4.98. The van der Waals surface area contributed by atoms with Gasteiger partial charge in [0, 0.05) is 62.2 Å². The Labute approximate surface area is 210 Å². The van der Waals surface area contributed by atoms with E-state index in [1.165, 1.54) is 12.4 Å². The molecule has 1 unspecified atom stereocenters. The first kappa shape index (κ1) is 24.3. The third kappa shape index (κ3) is 5.08. The lowest BCUT2D eigenvalue weighted by Gasteiger charge is -2.35. The number of aromatic nitrogens is 3. The maximum absolute atomic E-state index is 15.3. The van der Waals surface area contributed by atoms with Crippen molar-refractivity contribution in [2.75, 3.05) is 45.1 Å². The van der Waals surface area contributed by atoms with Crippen molar-refractivity contribution >= 4 is 11.7 Å². The van der Waals surface area contributed by atoms with Gasteiger partial charge in [0.05, 0.1) is 23.1 Å². The van der Waals surface area contributed by atoms with E-state index in [1.54, 1.807) is 29.3 Å². The highest BCUT2D eigenvalue weighted by Gasteiger charge is 2.27. The summed E-state index contributed by atoms with van der Waals surface area (Å²) >= 11 is 0. The van der Waals surface area contributed by atoms with Crippen LogP contribution in [0.2, 0.25) is 0 Å². The first-order valence-corrected chi connectivity index (χ1v) is 12.5. The molecule has 1 atom stereocenters. The van der Waals surface area contributed by atoms with Gasteiger partial charge in [0.1, 0.15) is 18.0 Å². The van der Waals surface area contributed by atoms with Gasteiger partial charge in [-0.25, -0.2) is 19.3 Å². The number of nitrogens with two attached hydrogens (primary N) is 1. The maximum Gasteiger partial charge on any atom is 0.256 e. The third-order valence-electron chi connectivity index (χ3n) is 6.95. The van der Waals surface area contributed by atoms with Crippen LogP contribution >= 0.6 is 0 Å². The van der Waals surface area contributed by atoms with E-state index in [0.29, 0.717) is 42.7 Å². The van der Waals surface area contributed by atoms with Crippen molar-refractivity contribution in [3.8, 4) is 22.4 Å². The number of amides is 1. The van der Waals surface area contributed by atoms with Crippen molar-refractivity contribution < 1.29 is 13.9 Å². The van der Waals surface area contributed by atoms with Gasteiger partial charge < -0.3 is 15.4 Å². The number of carbonyl (C=O) groups excluding carboxylic acids is 1. The molecular weight excluding hydrogens is 459 g/mol. The number of rotatable bonds is 6. The van der Waals surface area contributed by atoms with E-state index >= 15 is 4.39 Å². The second kappa shape index (κ2) is 10.7. The molecule has 9 heteroatoms. The Morgan fingerprint density at radius 2 is 1.92 bits per heavy atom. The highest BCUT2D eigenvalue weighted by atomic mass is 19.1. The number of ether oxygens (including phenoxy) is 1. The fourth-order valence-electron chi connectivity index (χ4n) is 4.98. The summed E-state index contributed by atoms with van der Waals surface area (Å²) in [4.78, 5) is 30.3. The van der Waals surface area contributed by atoms with Crippen LogP contribution in [-0.2, 0) is 11.2 Å². The Balaban J connectivity index is 1.35. The lowest BCUT2D eigenvalue weighted by molar-refractivity contribution is 0.0430. The van der Waals surface area contributed by atoms with Gasteiger partial charge in [0.25, 0.3) is 5.91 Å². The van der Waals surface area contributed by atoms with Gasteiger partial charge in [0.15, 0.2) is 0 Å². The van der Waals surface area contributed by atoms with Crippen LogP contribution < -0.4 is 5.73 Å². The summed E-state index contributed by atoms with van der Waals surface area (Å²) in [6.07, 6.45) is 6.33. The molecule has 2 aromatic heterocycles. The minimum absolute atomic E-state index is 0.0757. The van der Waals surface area contributed by atoms with E-state index in [4.69, 9.17) is 10.5 Å². The van der Waals surface area contributed by atoms with Crippen LogP contribution in [0.1, 0.15) is 35.8 Å². The maximum atomic E-state index is 15.3. The molecule has 4 heterocycles. The normalized spacial score (nSPS) is 18.5. The molecule has 5 rings (SSSR count). The molecule has 2 fully saturated rings. The van der Waals surface area contributed by atoms with Crippen LogP contribution in [0.25, 0.3) is 22.4 Å². The van der Waals surface area contributed by atoms with E-state index in [1.807, 2.05) is 13.0 Å². The van der Waals surface area contributed by atoms with Crippen LogP contribution in [0.5, 0.6) is 0 Å². The third-order valence-corrected chi connectivity index (χ3v) is 6.95. The van der Waals surface area contributed by atoms with Crippen LogP contribution in [-0.4, -0.2) is 76.1 Å². The molecule has 1 amide bonds. The number of benzene rings is 1. The number of halogens is 1. The average molecular weight is 491 g/mol. The summed E-state index contributed by atoms with van der Waals surface area (Å²) in [5.41, 5.74) is 9.42. The Kier molecular flexibility index (Phi) is 7.20. The van der Waals surface area contributed by atoms with Crippen molar-refractivity contribution in [3.05, 3.63) is 59.9 Å². The van der Waals surface area contributed by atoms with Crippen LogP contribution in [0.15, 0.2) is 42.9 Å². The number of aryl methyl sites for hydroxylation is 1. The molecule has 2 N–H and O–H groups in total. The van der Waals surface area contributed by atoms with Crippen molar-refractivity contribution in [2.24, 2.45) is 0 Å². The standard InChI is InChI=1S/C27H31FN6O2/c1-2-23-25(19-6-8-24(29)30-15-19)26(32-17-31-23)18-5-7-21(22(28)14-18)27(35)34-11-9-33(10-12-34)16-20-4-3-13-36-20/h5-8,14-15,17,20H,2-4,9-13,16H2,1H3,(H2,29,30). The molecule has 188 valence electrons. The minimum atomic E-state index is -0.558. The Bertz CT molecular complexity index is 1220. The zero-order valence-corrected chi connectivity index (χ0v) is 20.5. The Morgan fingerprint density at radius 1 is 1.11 bits per heavy atom. The average Bonchev–Trinajstić information content (AvgIpc) is 3.42. The van der Waals surface area contributed by atoms with Gasteiger partial charge in [-0.3, -0.25) is 9.69 Å². The van der Waals surface area contributed by atoms with E-state index in [2.05, 4.69) is 19.9 Å². The number of nitrogen functional groups attached to an aromatic ring is 1. The largest absolute Gasteiger partial charge is 0.384 e. The number of hydrogen-bond acceptors (Lipinski definition) is 7. The molecule has 0 radical (unpaired) electrons. The highest BCUT2D eigenvalue weighted by Crippen LogP contribution is 2.33. The number of hydrogen-bond donors (Lipinski definition) is 1. The Hall–Kier alpha value is -3.43. The molecule has 2 aliphatic heterocycles. The van der Waals surface area contributed by atoms with Crippen LogP contribution in [0.3, 0.4) is 0 Å². The van der Waals surface area contributed by atoms with E-state index in [-0.39, 0.29) is 11.5 Å². The molecule has 0 bridgehead atoms. The molecule has 0 spiro atoms. The van der Waals surface area contributed by atoms with Crippen molar-refractivity contribution in [3.63, 3.8) is 0 Å². The van der Waals surface area contributed by atoms with Gasteiger partial charge in [-0.2, -0.15) is 0 Å². The molecule has 36 heavy (non-hydrogen) atoms. The fraction of sp³-hybridized carbons (Fsp3) is 0.407. The molecule has 0 aliphatic carbocycles. The zero-order chi connectivity index (χ0) is 25.1. The molecule has 1 aromatic carbocycles. The van der Waals surface area contributed by atoms with Crippen molar-refractivity contribution in [1.29, 1.82) is 0 Å². The number of anilines is 1. The van der Waals surface area contributed by atoms with Gasteiger partial charge in [-0.1, -0.05) is 13.0 Å². The van der Waals surface area contributed by atoms with Crippen molar-refractivity contribution in [2.45, 2.75) is 32.3 Å². The Morgan fingerprint density at radius 3 is 2.58 bits per heavy atom. The minimum Gasteiger partial charge on any atom is -0.384 e. The summed E-state index contributed by atoms with van der Waals surface area (Å²) in [5, 5.41) is 0. The smallest absolute Gasteiger partial charge is 0.256 e. The molecular formula is C27H31FN6O2. The quantitative estimate of drug-likeness (QED) is 0.565. The molecule has 8 nitrogen and oxygen atoms in total. The molecule has 2 saturated heterocycles. The van der Waals surface area contributed by atoms with Gasteiger partial charge in [-0.15, -0.1) is 0 Å². The molecule has 2 aliphatic rings. The van der Waals surface area contributed by atoms with Crippen molar-refractivity contribution in [1.82, 2.24) is 24.8 Å². The van der Waals surface area contributed by atoms with Crippen LogP contribution in [0.4, 0.5) is 10.2 Å². The zero-order valence-electron chi connectivity index (χ0n) is 20.5. The second-order valence-corrected chi connectivity index (χ2v) is 9.29.